The Morgan fingerprint density at radius 2 is 1.68 bits per heavy atom. The molecule has 12 heteroatoms. The van der Waals surface area contributed by atoms with Gasteiger partial charge in [0.15, 0.2) is 0 Å². The van der Waals surface area contributed by atoms with Gasteiger partial charge in [0, 0.05) is 17.8 Å². The van der Waals surface area contributed by atoms with Gasteiger partial charge in [-0.25, -0.2) is 13.2 Å². The molecule has 40 heavy (non-hydrogen) atoms. The quantitative estimate of drug-likeness (QED) is 0.180. The van der Waals surface area contributed by atoms with E-state index in [1.54, 1.807) is 6.92 Å². The lowest BCUT2D eigenvalue weighted by Gasteiger charge is -2.21. The molecule has 3 rings (SSSR count). The van der Waals surface area contributed by atoms with Crippen LogP contribution in [-0.4, -0.2) is 29.2 Å². The van der Waals surface area contributed by atoms with E-state index in [2.05, 4.69) is 22.5 Å². The van der Waals surface area contributed by atoms with Gasteiger partial charge in [-0.05, 0) is 67.8 Å². The van der Waals surface area contributed by atoms with Gasteiger partial charge in [-0.2, -0.15) is 5.26 Å². The van der Waals surface area contributed by atoms with Gasteiger partial charge in [0.25, 0.3) is 15.6 Å². The van der Waals surface area contributed by atoms with Crippen LogP contribution in [0.25, 0.3) is 0 Å². The number of nitrogens with one attached hydrogen (secondary N) is 3. The van der Waals surface area contributed by atoms with Crippen LogP contribution in [-0.2, 0) is 16.6 Å². The maximum atomic E-state index is 13.3. The van der Waals surface area contributed by atoms with Crippen molar-refractivity contribution in [2.75, 3.05) is 15.6 Å². The monoisotopic (exact) mass is 567 g/mol. The van der Waals surface area contributed by atoms with Gasteiger partial charge in [0.1, 0.15) is 17.3 Å². The van der Waals surface area contributed by atoms with Crippen molar-refractivity contribution in [2.45, 2.75) is 57.9 Å². The molecule has 0 aliphatic carbocycles. The zero-order valence-corrected chi connectivity index (χ0v) is 23.4. The second-order valence-corrected chi connectivity index (χ2v) is 11.1. The normalized spacial score (nSPS) is 11.8. The van der Waals surface area contributed by atoms with Crippen molar-refractivity contribution in [1.82, 2.24) is 4.57 Å². The number of aromatic carboxylic acids is 1. The molecule has 0 aliphatic rings. The molecule has 0 amide bonds. The van der Waals surface area contributed by atoms with Gasteiger partial charge in [-0.3, -0.25) is 19.5 Å². The summed E-state index contributed by atoms with van der Waals surface area (Å²) in [5, 5.41) is 29.3. The van der Waals surface area contributed by atoms with Gasteiger partial charge in [0.2, 0.25) is 5.88 Å². The molecule has 0 spiro atoms. The number of nitrogens with zero attached hydrogens (tertiary/aromatic N) is 2. The highest BCUT2D eigenvalue weighted by Gasteiger charge is 2.21. The van der Waals surface area contributed by atoms with E-state index >= 15 is 0 Å². The Balaban J connectivity index is 1.79. The number of unbranched alkanes of at least 4 members (excludes halogenated alkanes) is 1. The molecule has 11 nitrogen and oxygen atoms in total. The molecule has 0 aliphatic heterocycles. The number of carboxylic acids is 1. The first kappa shape index (κ1) is 30.0. The maximum absolute atomic E-state index is 13.3. The summed E-state index contributed by atoms with van der Waals surface area (Å²) in [4.78, 5) is 24.3. The highest BCUT2D eigenvalue weighted by Crippen LogP contribution is 2.26. The van der Waals surface area contributed by atoms with Crippen molar-refractivity contribution in [3.8, 4) is 11.9 Å². The Morgan fingerprint density at radius 1 is 1.05 bits per heavy atom. The smallest absolute Gasteiger partial charge is 0.335 e. The molecule has 2 aromatic carbocycles. The predicted molar refractivity (Wildman–Crippen MR) is 153 cm³/mol. The summed E-state index contributed by atoms with van der Waals surface area (Å²) in [6, 6.07) is 13.0. The molecular weight excluding hydrogens is 534 g/mol. The number of hydrogen-bond acceptors (Lipinski definition) is 8. The van der Waals surface area contributed by atoms with E-state index in [1.807, 2.05) is 13.0 Å². The molecule has 212 valence electrons. The Morgan fingerprint density at radius 3 is 2.23 bits per heavy atom. The van der Waals surface area contributed by atoms with E-state index < -0.39 is 21.6 Å². The second kappa shape index (κ2) is 13.0. The summed E-state index contributed by atoms with van der Waals surface area (Å²) < 4.78 is 29.1. The van der Waals surface area contributed by atoms with Crippen LogP contribution in [0.1, 0.15) is 61.0 Å². The molecular formula is C28H33N5O6S. The number of nitriles is 1. The molecule has 1 aromatic heterocycles. The SMILES string of the molecule is CCCCC(CC)Cn1c(O)c(C#N)c(C)c(NNc2ccc(S(=O)(=O)Nc3ccc(C(=O)O)cc3)cc2)c1=O. The summed E-state index contributed by atoms with van der Waals surface area (Å²) in [6.45, 7) is 5.96. The van der Waals surface area contributed by atoms with Crippen LogP contribution in [0.2, 0.25) is 0 Å². The summed E-state index contributed by atoms with van der Waals surface area (Å²) in [7, 11) is -3.95. The number of rotatable bonds is 13. The van der Waals surface area contributed by atoms with Gasteiger partial charge >= 0.3 is 5.97 Å². The number of hydrazine groups is 1. The van der Waals surface area contributed by atoms with Crippen molar-refractivity contribution < 1.29 is 23.4 Å². The van der Waals surface area contributed by atoms with Crippen LogP contribution in [0, 0.1) is 24.2 Å². The van der Waals surface area contributed by atoms with Gasteiger partial charge < -0.3 is 15.6 Å². The third-order valence-electron chi connectivity index (χ3n) is 6.66. The third kappa shape index (κ3) is 6.92. The molecule has 0 radical (unpaired) electrons. The number of hydrogen-bond donors (Lipinski definition) is 5. The third-order valence-corrected chi connectivity index (χ3v) is 8.06. The molecule has 1 heterocycles. The number of pyridine rings is 1. The first-order chi connectivity index (χ1) is 19.0. The fraction of sp³-hybridized carbons (Fsp3) is 0.321. The molecule has 0 saturated heterocycles. The minimum atomic E-state index is -3.95. The van der Waals surface area contributed by atoms with Crippen LogP contribution in [0.4, 0.5) is 17.1 Å². The molecule has 0 fully saturated rings. The van der Waals surface area contributed by atoms with Crippen LogP contribution in [0.15, 0.2) is 58.2 Å². The molecule has 1 atom stereocenters. The first-order valence-corrected chi connectivity index (χ1v) is 14.3. The van der Waals surface area contributed by atoms with Crippen LogP contribution in [0.3, 0.4) is 0 Å². The number of anilines is 3. The molecule has 0 bridgehead atoms. The standard InChI is InChI=1S/C28H33N5O6S/c1-4-6-7-19(5-2)17-33-26(34)24(16-29)18(3)25(27(33)35)31-30-21-12-14-23(15-13-21)40(38,39)32-22-10-8-20(9-11-22)28(36)37/h8-15,19,30-32,34H,4-7,17H2,1-3H3,(H,36,37). The van der Waals surface area contributed by atoms with Crippen molar-refractivity contribution in [2.24, 2.45) is 5.92 Å². The number of aromatic nitrogens is 1. The molecule has 5 N–H and O–H groups in total. The first-order valence-electron chi connectivity index (χ1n) is 12.9. The molecule has 1 unspecified atom stereocenters. The minimum Gasteiger partial charge on any atom is -0.493 e. The lowest BCUT2D eigenvalue weighted by molar-refractivity contribution is 0.0697. The number of carboxylic acid groups (broad SMARTS) is 1. The summed E-state index contributed by atoms with van der Waals surface area (Å²) >= 11 is 0. The van der Waals surface area contributed by atoms with Crippen molar-refractivity contribution in [1.29, 1.82) is 5.26 Å². The number of sulfonamides is 1. The zero-order valence-electron chi connectivity index (χ0n) is 22.6. The van der Waals surface area contributed by atoms with Gasteiger partial charge in [-0.15, -0.1) is 0 Å². The van der Waals surface area contributed by atoms with E-state index in [9.17, 15) is 28.4 Å². The van der Waals surface area contributed by atoms with E-state index in [0.29, 0.717) is 5.69 Å². The lowest BCUT2D eigenvalue weighted by atomic mass is 9.99. The van der Waals surface area contributed by atoms with Crippen molar-refractivity contribution >= 4 is 33.1 Å². The average molecular weight is 568 g/mol. The highest BCUT2D eigenvalue weighted by atomic mass is 32.2. The van der Waals surface area contributed by atoms with Crippen molar-refractivity contribution in [3.63, 3.8) is 0 Å². The second-order valence-electron chi connectivity index (χ2n) is 9.41. The molecule has 0 saturated carbocycles. The number of benzene rings is 2. The largest absolute Gasteiger partial charge is 0.493 e. The Kier molecular flexibility index (Phi) is 9.79. The van der Waals surface area contributed by atoms with E-state index in [1.165, 1.54) is 53.1 Å². The fourth-order valence-electron chi connectivity index (χ4n) is 4.19. The van der Waals surface area contributed by atoms with E-state index in [4.69, 9.17) is 5.11 Å². The van der Waals surface area contributed by atoms with Gasteiger partial charge in [-0.1, -0.05) is 33.1 Å². The van der Waals surface area contributed by atoms with Crippen LogP contribution >= 0.6 is 0 Å². The molecule has 3 aromatic rings. The van der Waals surface area contributed by atoms with E-state index in [-0.39, 0.29) is 51.3 Å². The minimum absolute atomic E-state index is 0.00172. The average Bonchev–Trinajstić information content (AvgIpc) is 2.93. The Hall–Kier alpha value is -4.50. The summed E-state index contributed by atoms with van der Waals surface area (Å²) in [6.07, 6.45) is 3.73. The summed E-state index contributed by atoms with van der Waals surface area (Å²) in [5.41, 5.74) is 6.28. The predicted octanol–water partition coefficient (Wildman–Crippen LogP) is 4.89. The summed E-state index contributed by atoms with van der Waals surface area (Å²) in [5.74, 6) is -1.31. The lowest BCUT2D eigenvalue weighted by Crippen LogP contribution is -2.29. The Labute approximate surface area is 233 Å². The van der Waals surface area contributed by atoms with Crippen LogP contribution in [0.5, 0.6) is 5.88 Å². The fourth-order valence-corrected chi connectivity index (χ4v) is 5.25. The highest BCUT2D eigenvalue weighted by molar-refractivity contribution is 7.92. The number of carbonyl (C=O) groups is 1. The van der Waals surface area contributed by atoms with Crippen LogP contribution < -0.4 is 21.1 Å². The number of aromatic hydroxyl groups is 1. The topological polar surface area (TPSA) is 174 Å². The van der Waals surface area contributed by atoms with Gasteiger partial charge in [0.05, 0.1) is 16.1 Å². The Bertz CT molecular complexity index is 1560. The van der Waals surface area contributed by atoms with Crippen molar-refractivity contribution in [3.05, 3.63) is 75.6 Å². The van der Waals surface area contributed by atoms with E-state index in [0.717, 1.165) is 25.7 Å². The zero-order chi connectivity index (χ0) is 29.4. The maximum Gasteiger partial charge on any atom is 0.335 e.